The van der Waals surface area contributed by atoms with E-state index in [4.69, 9.17) is 0 Å². The molecular weight excluding hydrogens is 218 g/mol. The molecule has 0 spiro atoms. The van der Waals surface area contributed by atoms with Crippen LogP contribution in [0.2, 0.25) is 0 Å². The van der Waals surface area contributed by atoms with Crippen molar-refractivity contribution in [2.45, 2.75) is 77.2 Å². The van der Waals surface area contributed by atoms with Crippen molar-refractivity contribution in [3.63, 3.8) is 0 Å². The Morgan fingerprint density at radius 2 is 2.11 bits per heavy atom. The monoisotopic (exact) mass is 247 g/mol. The minimum Gasteiger partial charge on any atom is -0.313 e. The Morgan fingerprint density at radius 1 is 1.28 bits per heavy atom. The van der Waals surface area contributed by atoms with Crippen LogP contribution in [-0.2, 0) is 0 Å². The maximum Gasteiger partial charge on any atom is 0.00685 e. The van der Waals surface area contributed by atoms with Crippen molar-refractivity contribution in [1.82, 2.24) is 5.32 Å². The molecule has 1 N–H and O–H groups in total. The molecule has 3 aliphatic rings. The molecule has 18 heavy (non-hydrogen) atoms. The molecule has 0 amide bonds. The summed E-state index contributed by atoms with van der Waals surface area (Å²) in [5, 5.41) is 3.82. The van der Waals surface area contributed by atoms with Crippen molar-refractivity contribution in [1.29, 1.82) is 0 Å². The van der Waals surface area contributed by atoms with Crippen LogP contribution in [0.4, 0.5) is 0 Å². The number of hydrogen-bond acceptors (Lipinski definition) is 1. The Kier molecular flexibility index (Phi) is 3.79. The van der Waals surface area contributed by atoms with Crippen LogP contribution in [-0.4, -0.2) is 12.6 Å². The first-order valence-corrected chi connectivity index (χ1v) is 8.25. The summed E-state index contributed by atoms with van der Waals surface area (Å²) in [7, 11) is 0. The number of allylic oxidation sites excluding steroid dienone is 1. The Bertz CT molecular complexity index is 308. The molecule has 0 atom stereocenters. The standard InChI is InChI=1S/C17H29N/c1-2-6-14-11-17(12-14,13-18-16-9-10-16)15-7-4-3-5-8-15/h7,14,16,18H,2-6,8-13H2,1H3. The molecule has 3 aliphatic carbocycles. The van der Waals surface area contributed by atoms with E-state index >= 15 is 0 Å². The maximum atomic E-state index is 3.82. The summed E-state index contributed by atoms with van der Waals surface area (Å²) < 4.78 is 0. The summed E-state index contributed by atoms with van der Waals surface area (Å²) >= 11 is 0. The first-order chi connectivity index (χ1) is 8.82. The minimum absolute atomic E-state index is 0.586. The number of rotatable bonds is 6. The van der Waals surface area contributed by atoms with Gasteiger partial charge < -0.3 is 5.32 Å². The van der Waals surface area contributed by atoms with E-state index in [1.54, 1.807) is 0 Å². The average Bonchev–Trinajstić information content (AvgIpc) is 3.17. The zero-order valence-corrected chi connectivity index (χ0v) is 12.0. The summed E-state index contributed by atoms with van der Waals surface area (Å²) in [6.45, 7) is 3.62. The van der Waals surface area contributed by atoms with Gasteiger partial charge in [-0.2, -0.15) is 0 Å². The van der Waals surface area contributed by atoms with Crippen LogP contribution in [0, 0.1) is 11.3 Å². The quantitative estimate of drug-likeness (QED) is 0.684. The Balaban J connectivity index is 1.62. The largest absolute Gasteiger partial charge is 0.313 e. The Hall–Kier alpha value is -0.300. The third-order valence-corrected chi connectivity index (χ3v) is 5.33. The minimum atomic E-state index is 0.586. The van der Waals surface area contributed by atoms with Gasteiger partial charge in [0.15, 0.2) is 0 Å². The molecule has 0 unspecified atom stereocenters. The summed E-state index contributed by atoms with van der Waals surface area (Å²) in [5.74, 6) is 1.03. The lowest BCUT2D eigenvalue weighted by atomic mass is 9.56. The molecule has 2 fully saturated rings. The molecule has 102 valence electrons. The predicted octanol–water partition coefficient (Wildman–Crippen LogP) is 4.44. The van der Waals surface area contributed by atoms with Crippen LogP contribution in [0.1, 0.15) is 71.1 Å². The first-order valence-electron chi connectivity index (χ1n) is 8.25. The highest BCUT2D eigenvalue weighted by atomic mass is 15.0. The lowest BCUT2D eigenvalue weighted by Gasteiger charge is -2.51. The topological polar surface area (TPSA) is 12.0 Å². The van der Waals surface area contributed by atoms with Gasteiger partial charge >= 0.3 is 0 Å². The highest BCUT2D eigenvalue weighted by molar-refractivity contribution is 5.22. The zero-order chi connectivity index (χ0) is 12.4. The second kappa shape index (κ2) is 5.36. The molecule has 0 saturated heterocycles. The Labute approximate surface area is 112 Å². The van der Waals surface area contributed by atoms with E-state index in [1.165, 1.54) is 70.8 Å². The third kappa shape index (κ3) is 2.66. The lowest BCUT2D eigenvalue weighted by Crippen LogP contribution is -2.47. The molecule has 3 rings (SSSR count). The van der Waals surface area contributed by atoms with Gasteiger partial charge in [-0.05, 0) is 57.3 Å². The third-order valence-electron chi connectivity index (χ3n) is 5.33. The van der Waals surface area contributed by atoms with E-state index in [2.05, 4.69) is 18.3 Å². The van der Waals surface area contributed by atoms with Gasteiger partial charge in [0.05, 0.1) is 0 Å². The van der Waals surface area contributed by atoms with Crippen LogP contribution in [0.3, 0.4) is 0 Å². The van der Waals surface area contributed by atoms with E-state index in [-0.39, 0.29) is 0 Å². The van der Waals surface area contributed by atoms with Gasteiger partial charge in [0.2, 0.25) is 0 Å². The molecule has 0 aromatic heterocycles. The molecular formula is C17H29N. The van der Waals surface area contributed by atoms with Gasteiger partial charge in [-0.3, -0.25) is 0 Å². The van der Waals surface area contributed by atoms with Gasteiger partial charge in [-0.15, -0.1) is 0 Å². The highest BCUT2D eigenvalue weighted by Crippen LogP contribution is 2.54. The Morgan fingerprint density at radius 3 is 2.72 bits per heavy atom. The van der Waals surface area contributed by atoms with Gasteiger partial charge in [0.1, 0.15) is 0 Å². The van der Waals surface area contributed by atoms with Crippen molar-refractivity contribution >= 4 is 0 Å². The van der Waals surface area contributed by atoms with Gasteiger partial charge in [0, 0.05) is 18.0 Å². The fourth-order valence-electron chi connectivity index (χ4n) is 4.12. The average molecular weight is 247 g/mol. The van der Waals surface area contributed by atoms with Crippen LogP contribution < -0.4 is 5.32 Å². The van der Waals surface area contributed by atoms with Crippen LogP contribution in [0.15, 0.2) is 11.6 Å². The van der Waals surface area contributed by atoms with Crippen molar-refractivity contribution in [3.8, 4) is 0 Å². The number of hydrogen-bond donors (Lipinski definition) is 1. The molecule has 0 radical (unpaired) electrons. The smallest absolute Gasteiger partial charge is 0.00685 e. The van der Waals surface area contributed by atoms with Crippen LogP contribution >= 0.6 is 0 Å². The summed E-state index contributed by atoms with van der Waals surface area (Å²) in [4.78, 5) is 0. The van der Waals surface area contributed by atoms with E-state index in [0.717, 1.165) is 12.0 Å². The highest BCUT2D eigenvalue weighted by Gasteiger charge is 2.46. The second-order valence-electron chi connectivity index (χ2n) is 6.97. The first kappa shape index (κ1) is 12.7. The molecule has 0 aliphatic heterocycles. The van der Waals surface area contributed by atoms with Crippen molar-refractivity contribution in [2.75, 3.05) is 6.54 Å². The fourth-order valence-corrected chi connectivity index (χ4v) is 4.12. The SMILES string of the molecule is CCCC1CC(CNC2CC2)(C2=CCCCC2)C1. The van der Waals surface area contributed by atoms with Crippen molar-refractivity contribution in [3.05, 3.63) is 11.6 Å². The van der Waals surface area contributed by atoms with Crippen LogP contribution in [0.25, 0.3) is 0 Å². The molecule has 0 bridgehead atoms. The molecule has 1 heteroatoms. The normalized spacial score (nSPS) is 36.1. The van der Waals surface area contributed by atoms with E-state index in [0.29, 0.717) is 5.41 Å². The summed E-state index contributed by atoms with van der Waals surface area (Å²) in [6, 6.07) is 0.872. The molecule has 2 saturated carbocycles. The summed E-state index contributed by atoms with van der Waals surface area (Å²) in [6.07, 6.45) is 16.8. The maximum absolute atomic E-state index is 3.82. The van der Waals surface area contributed by atoms with Crippen molar-refractivity contribution in [2.24, 2.45) is 11.3 Å². The number of nitrogens with one attached hydrogen (secondary N) is 1. The molecule has 0 aromatic rings. The fraction of sp³-hybridized carbons (Fsp3) is 0.882. The van der Waals surface area contributed by atoms with E-state index in [9.17, 15) is 0 Å². The van der Waals surface area contributed by atoms with Gasteiger partial charge in [-0.1, -0.05) is 31.4 Å². The van der Waals surface area contributed by atoms with E-state index < -0.39 is 0 Å². The van der Waals surface area contributed by atoms with Crippen molar-refractivity contribution < 1.29 is 0 Å². The van der Waals surface area contributed by atoms with Crippen LogP contribution in [0.5, 0.6) is 0 Å². The molecule has 0 aromatic carbocycles. The van der Waals surface area contributed by atoms with E-state index in [1.807, 2.05) is 5.57 Å². The summed E-state index contributed by atoms with van der Waals surface area (Å²) in [5.41, 5.74) is 2.41. The zero-order valence-electron chi connectivity index (χ0n) is 12.0. The molecule has 0 heterocycles. The van der Waals surface area contributed by atoms with Gasteiger partial charge in [0.25, 0.3) is 0 Å². The lowest BCUT2D eigenvalue weighted by molar-refractivity contribution is 0.0801. The molecule has 1 nitrogen and oxygen atoms in total. The second-order valence-corrected chi connectivity index (χ2v) is 6.97. The van der Waals surface area contributed by atoms with Gasteiger partial charge in [-0.25, -0.2) is 0 Å². The predicted molar refractivity (Wildman–Crippen MR) is 77.6 cm³/mol.